The third-order valence-corrected chi connectivity index (χ3v) is 2.00. The van der Waals surface area contributed by atoms with Crippen LogP contribution < -0.4 is 0 Å². The van der Waals surface area contributed by atoms with E-state index in [1.807, 2.05) is 44.2 Å². The summed E-state index contributed by atoms with van der Waals surface area (Å²) in [4.78, 5) is 0. The lowest BCUT2D eigenvalue weighted by atomic mass is 10.1. The number of hydrogen-bond acceptors (Lipinski definition) is 2. The lowest BCUT2D eigenvalue weighted by Gasteiger charge is -2.19. The van der Waals surface area contributed by atoms with Crippen molar-refractivity contribution in [1.29, 1.82) is 0 Å². The first-order valence-corrected chi connectivity index (χ1v) is 5.05. The Morgan fingerprint density at radius 1 is 1.21 bits per heavy atom. The fraction of sp³-hybridized carbons (Fsp3) is 0.500. The van der Waals surface area contributed by atoms with Crippen molar-refractivity contribution < 1.29 is 9.84 Å². The smallest absolute Gasteiger partial charge is 0.0850 e. The van der Waals surface area contributed by atoms with Crippen LogP contribution in [-0.4, -0.2) is 17.8 Å². The van der Waals surface area contributed by atoms with Gasteiger partial charge in [0.15, 0.2) is 0 Å². The summed E-state index contributed by atoms with van der Waals surface area (Å²) in [6, 6.07) is 10.0. The summed E-state index contributed by atoms with van der Waals surface area (Å²) >= 11 is 0. The van der Waals surface area contributed by atoms with E-state index in [9.17, 15) is 0 Å². The molecule has 1 aromatic rings. The monoisotopic (exact) mass is 194 g/mol. The number of ether oxygens (including phenoxy) is 1. The van der Waals surface area contributed by atoms with Crippen LogP contribution in [0.25, 0.3) is 0 Å². The van der Waals surface area contributed by atoms with Gasteiger partial charge in [0.25, 0.3) is 0 Å². The Kier molecular flexibility index (Phi) is 4.63. The Balaban J connectivity index is 2.67. The maximum atomic E-state index is 8.93. The van der Waals surface area contributed by atoms with Crippen LogP contribution in [-0.2, 0) is 4.74 Å². The molecule has 0 aliphatic carbocycles. The Morgan fingerprint density at radius 2 is 1.86 bits per heavy atom. The minimum Gasteiger partial charge on any atom is -0.396 e. The average molecular weight is 194 g/mol. The Hall–Kier alpha value is -0.860. The van der Waals surface area contributed by atoms with Crippen molar-refractivity contribution in [3.8, 4) is 0 Å². The van der Waals surface area contributed by atoms with E-state index in [1.54, 1.807) is 0 Å². The zero-order chi connectivity index (χ0) is 10.4. The van der Waals surface area contributed by atoms with Crippen molar-refractivity contribution in [3.05, 3.63) is 35.9 Å². The fourth-order valence-corrected chi connectivity index (χ4v) is 1.43. The van der Waals surface area contributed by atoms with Crippen LogP contribution in [0, 0.1) is 0 Å². The van der Waals surface area contributed by atoms with Crippen molar-refractivity contribution in [1.82, 2.24) is 0 Å². The molecule has 1 N–H and O–H groups in total. The molecule has 0 fully saturated rings. The minimum absolute atomic E-state index is 0.0150. The fourth-order valence-electron chi connectivity index (χ4n) is 1.43. The number of aliphatic hydroxyl groups excluding tert-OH is 1. The molecule has 14 heavy (non-hydrogen) atoms. The highest BCUT2D eigenvalue weighted by Crippen LogP contribution is 2.21. The topological polar surface area (TPSA) is 29.5 Å². The molecule has 2 heteroatoms. The van der Waals surface area contributed by atoms with Crippen LogP contribution >= 0.6 is 0 Å². The van der Waals surface area contributed by atoms with Gasteiger partial charge in [-0.05, 0) is 19.4 Å². The molecule has 78 valence electrons. The van der Waals surface area contributed by atoms with Gasteiger partial charge in [0, 0.05) is 13.0 Å². The van der Waals surface area contributed by atoms with E-state index >= 15 is 0 Å². The Bertz CT molecular complexity index is 244. The lowest BCUT2D eigenvalue weighted by molar-refractivity contribution is -0.00652. The van der Waals surface area contributed by atoms with Crippen molar-refractivity contribution in [3.63, 3.8) is 0 Å². The van der Waals surface area contributed by atoms with E-state index in [0.29, 0.717) is 6.42 Å². The summed E-state index contributed by atoms with van der Waals surface area (Å²) in [5.74, 6) is 0. The predicted molar refractivity (Wildman–Crippen MR) is 57.1 cm³/mol. The van der Waals surface area contributed by atoms with Crippen LogP contribution in [0.1, 0.15) is 31.9 Å². The summed E-state index contributed by atoms with van der Waals surface area (Å²) in [7, 11) is 0. The number of benzene rings is 1. The van der Waals surface area contributed by atoms with E-state index in [1.165, 1.54) is 0 Å². The third-order valence-electron chi connectivity index (χ3n) is 2.00. The molecule has 0 saturated heterocycles. The van der Waals surface area contributed by atoms with Crippen molar-refractivity contribution in [2.75, 3.05) is 6.61 Å². The van der Waals surface area contributed by atoms with Gasteiger partial charge >= 0.3 is 0 Å². The van der Waals surface area contributed by atoms with Gasteiger partial charge in [0.05, 0.1) is 12.2 Å². The minimum atomic E-state index is 0.0150. The van der Waals surface area contributed by atoms with Crippen LogP contribution in [0.5, 0.6) is 0 Å². The van der Waals surface area contributed by atoms with Gasteiger partial charge in [0.2, 0.25) is 0 Å². The summed E-state index contributed by atoms with van der Waals surface area (Å²) in [5, 5.41) is 8.93. The molecule has 0 bridgehead atoms. The van der Waals surface area contributed by atoms with E-state index in [4.69, 9.17) is 9.84 Å². The molecule has 1 aromatic carbocycles. The van der Waals surface area contributed by atoms with Crippen LogP contribution in [0.2, 0.25) is 0 Å². The molecule has 0 amide bonds. The van der Waals surface area contributed by atoms with Crippen LogP contribution in [0.4, 0.5) is 0 Å². The SMILES string of the molecule is CC(C)OC(CCO)c1ccccc1. The molecule has 0 spiro atoms. The quantitative estimate of drug-likeness (QED) is 0.780. The Morgan fingerprint density at radius 3 is 2.36 bits per heavy atom. The van der Waals surface area contributed by atoms with E-state index in [2.05, 4.69) is 0 Å². The average Bonchev–Trinajstić information content (AvgIpc) is 2.18. The van der Waals surface area contributed by atoms with Gasteiger partial charge in [0.1, 0.15) is 0 Å². The van der Waals surface area contributed by atoms with E-state index < -0.39 is 0 Å². The second kappa shape index (κ2) is 5.78. The molecule has 0 saturated carbocycles. The van der Waals surface area contributed by atoms with Gasteiger partial charge in [-0.1, -0.05) is 30.3 Å². The second-order valence-corrected chi connectivity index (χ2v) is 3.60. The first-order chi connectivity index (χ1) is 6.74. The molecule has 1 unspecified atom stereocenters. The highest BCUT2D eigenvalue weighted by molar-refractivity contribution is 5.17. The molecule has 0 heterocycles. The van der Waals surface area contributed by atoms with Crippen molar-refractivity contribution in [2.24, 2.45) is 0 Å². The normalized spacial score (nSPS) is 13.1. The lowest BCUT2D eigenvalue weighted by Crippen LogP contribution is -2.11. The second-order valence-electron chi connectivity index (χ2n) is 3.60. The Labute approximate surface area is 85.5 Å². The molecule has 1 atom stereocenters. The zero-order valence-corrected chi connectivity index (χ0v) is 8.81. The van der Waals surface area contributed by atoms with Crippen LogP contribution in [0.15, 0.2) is 30.3 Å². The summed E-state index contributed by atoms with van der Waals surface area (Å²) in [6.45, 7) is 4.17. The van der Waals surface area contributed by atoms with Gasteiger partial charge in [-0.15, -0.1) is 0 Å². The first kappa shape index (κ1) is 11.2. The van der Waals surface area contributed by atoms with E-state index in [-0.39, 0.29) is 18.8 Å². The largest absolute Gasteiger partial charge is 0.396 e. The zero-order valence-electron chi connectivity index (χ0n) is 8.81. The first-order valence-electron chi connectivity index (χ1n) is 5.05. The van der Waals surface area contributed by atoms with E-state index in [0.717, 1.165) is 5.56 Å². The summed E-state index contributed by atoms with van der Waals surface area (Å²) in [6.07, 6.45) is 0.857. The number of aliphatic hydroxyl groups is 1. The van der Waals surface area contributed by atoms with Gasteiger partial charge in [-0.3, -0.25) is 0 Å². The molecule has 1 rings (SSSR count). The third kappa shape index (κ3) is 3.48. The molecule has 0 aliphatic heterocycles. The predicted octanol–water partition coefficient (Wildman–Crippen LogP) is 2.54. The summed E-state index contributed by atoms with van der Waals surface area (Å²) in [5.41, 5.74) is 1.13. The standard InChI is InChI=1S/C12H18O2/c1-10(2)14-12(8-9-13)11-6-4-3-5-7-11/h3-7,10,12-13H,8-9H2,1-2H3. The highest BCUT2D eigenvalue weighted by Gasteiger charge is 2.12. The molecular formula is C12H18O2. The molecule has 2 nitrogen and oxygen atoms in total. The van der Waals surface area contributed by atoms with Gasteiger partial charge in [-0.2, -0.15) is 0 Å². The molecule has 0 radical (unpaired) electrons. The summed E-state index contributed by atoms with van der Waals surface area (Å²) < 4.78 is 5.72. The van der Waals surface area contributed by atoms with Crippen molar-refractivity contribution >= 4 is 0 Å². The number of rotatable bonds is 5. The maximum Gasteiger partial charge on any atom is 0.0850 e. The molecule has 0 aromatic heterocycles. The maximum absolute atomic E-state index is 8.93. The van der Waals surface area contributed by atoms with Crippen molar-refractivity contribution in [2.45, 2.75) is 32.5 Å². The van der Waals surface area contributed by atoms with Gasteiger partial charge < -0.3 is 9.84 Å². The molecule has 0 aliphatic rings. The highest BCUT2D eigenvalue weighted by atomic mass is 16.5. The van der Waals surface area contributed by atoms with Crippen LogP contribution in [0.3, 0.4) is 0 Å². The van der Waals surface area contributed by atoms with Gasteiger partial charge in [-0.25, -0.2) is 0 Å². The number of hydrogen-bond donors (Lipinski definition) is 1. The molecular weight excluding hydrogens is 176 g/mol.